The first-order valence-electron chi connectivity index (χ1n) is 17.8. The summed E-state index contributed by atoms with van der Waals surface area (Å²) in [5, 5.41) is 0. The van der Waals surface area contributed by atoms with Crippen molar-refractivity contribution >= 4 is 19.8 Å². The Morgan fingerprint density at radius 1 is 0.614 bits per heavy atom. The molecule has 1 unspecified atom stereocenters. The summed E-state index contributed by atoms with van der Waals surface area (Å²) < 4.78 is 33.4. The van der Waals surface area contributed by atoms with Gasteiger partial charge in [0.15, 0.2) is 6.10 Å². The van der Waals surface area contributed by atoms with Gasteiger partial charge in [-0.15, -0.1) is 0 Å². The van der Waals surface area contributed by atoms with Crippen LogP contribution >= 0.6 is 7.82 Å². The molecule has 0 amide bonds. The van der Waals surface area contributed by atoms with Gasteiger partial charge in [-0.05, 0) is 12.8 Å². The highest BCUT2D eigenvalue weighted by molar-refractivity contribution is 7.47. The van der Waals surface area contributed by atoms with Crippen molar-refractivity contribution in [1.82, 2.24) is 0 Å². The molecule has 0 saturated carbocycles. The molecule has 1 N–H and O–H groups in total. The topological polar surface area (TPSA) is 108 Å². The van der Waals surface area contributed by atoms with Gasteiger partial charge in [-0.25, -0.2) is 4.57 Å². The summed E-state index contributed by atoms with van der Waals surface area (Å²) in [4.78, 5) is 34.2. The van der Waals surface area contributed by atoms with Crippen molar-refractivity contribution in [2.75, 3.05) is 47.5 Å². The molecule has 0 aromatic heterocycles. The third-order valence-electron chi connectivity index (χ3n) is 7.61. The van der Waals surface area contributed by atoms with E-state index in [2.05, 4.69) is 6.92 Å². The molecule has 0 saturated heterocycles. The zero-order valence-electron chi connectivity index (χ0n) is 29.2. The van der Waals surface area contributed by atoms with Crippen molar-refractivity contribution < 1.29 is 42.1 Å². The lowest BCUT2D eigenvalue weighted by Gasteiger charge is -2.24. The van der Waals surface area contributed by atoms with Crippen LogP contribution in [0.1, 0.15) is 155 Å². The van der Waals surface area contributed by atoms with E-state index in [9.17, 15) is 19.0 Å². The lowest BCUT2D eigenvalue weighted by molar-refractivity contribution is -0.870. The Morgan fingerprint density at radius 3 is 1.50 bits per heavy atom. The smallest absolute Gasteiger partial charge is 0.462 e. The monoisotopic (exact) mass is 650 g/mol. The number of ether oxygens (including phenoxy) is 2. The van der Waals surface area contributed by atoms with Crippen molar-refractivity contribution in [2.45, 2.75) is 161 Å². The second-order valence-electron chi connectivity index (χ2n) is 13.3. The number of carbonyl (C=O) groups is 2. The normalized spacial score (nSPS) is 13.9. The summed E-state index contributed by atoms with van der Waals surface area (Å²) >= 11 is 0. The average Bonchev–Trinajstić information content (AvgIpc) is 2.95. The van der Waals surface area contributed by atoms with Gasteiger partial charge in [0.2, 0.25) is 0 Å². The van der Waals surface area contributed by atoms with Crippen LogP contribution in [-0.4, -0.2) is 74.9 Å². The Hall–Kier alpha value is -0.990. The number of rotatable bonds is 32. The van der Waals surface area contributed by atoms with Crippen LogP contribution in [0.15, 0.2) is 0 Å². The van der Waals surface area contributed by atoms with Crippen molar-refractivity contribution in [2.24, 2.45) is 0 Å². The third kappa shape index (κ3) is 31.0. The Bertz CT molecular complexity index is 743. The van der Waals surface area contributed by atoms with E-state index in [1.165, 1.54) is 103 Å². The maximum atomic E-state index is 12.2. The molecule has 9 nitrogen and oxygen atoms in total. The van der Waals surface area contributed by atoms with E-state index in [1.54, 1.807) is 0 Å². The highest BCUT2D eigenvalue weighted by Crippen LogP contribution is 2.43. The largest absolute Gasteiger partial charge is 0.472 e. The molecule has 44 heavy (non-hydrogen) atoms. The number of unbranched alkanes of at least 4 members (excludes halogenated alkanes) is 18. The van der Waals surface area contributed by atoms with Crippen LogP contribution in [0.4, 0.5) is 0 Å². The van der Waals surface area contributed by atoms with Crippen LogP contribution in [-0.2, 0) is 32.7 Å². The highest BCUT2D eigenvalue weighted by atomic mass is 31.2. The van der Waals surface area contributed by atoms with E-state index >= 15 is 0 Å². The third-order valence-corrected chi connectivity index (χ3v) is 8.59. The molecule has 0 spiro atoms. The molecule has 0 aliphatic carbocycles. The van der Waals surface area contributed by atoms with Crippen LogP contribution in [0, 0.1) is 0 Å². The molecular formula is C34H69NO8P+. The van der Waals surface area contributed by atoms with E-state index < -0.39 is 26.5 Å². The SMILES string of the molecule is CCCCCCCCCCCCCCCCCCCCCC(=O)OC[C@H](COP(=O)(O)OCC[N+](C)(C)C)OC(=O)CCC. The maximum absolute atomic E-state index is 12.2. The van der Waals surface area contributed by atoms with E-state index in [0.717, 1.165) is 19.3 Å². The van der Waals surface area contributed by atoms with Crippen LogP contribution < -0.4 is 0 Å². The fourth-order valence-electron chi connectivity index (χ4n) is 4.82. The van der Waals surface area contributed by atoms with Crippen molar-refractivity contribution in [3.63, 3.8) is 0 Å². The number of quaternary nitrogens is 1. The number of phosphoric ester groups is 1. The molecule has 0 aliphatic rings. The number of hydrogen-bond donors (Lipinski definition) is 1. The zero-order valence-corrected chi connectivity index (χ0v) is 30.1. The van der Waals surface area contributed by atoms with Gasteiger partial charge in [0.05, 0.1) is 27.7 Å². The van der Waals surface area contributed by atoms with Crippen molar-refractivity contribution in [3.05, 3.63) is 0 Å². The van der Waals surface area contributed by atoms with Crippen molar-refractivity contribution in [3.8, 4) is 0 Å². The first-order chi connectivity index (χ1) is 21.0. The molecule has 0 fully saturated rings. The van der Waals surface area contributed by atoms with Crippen LogP contribution in [0.5, 0.6) is 0 Å². The number of likely N-dealkylation sites (N-methyl/N-ethyl adjacent to an activating group) is 1. The second kappa shape index (κ2) is 28.3. The van der Waals surface area contributed by atoms with Gasteiger partial charge >= 0.3 is 19.8 Å². The number of phosphoric acid groups is 1. The van der Waals surface area contributed by atoms with Gasteiger partial charge in [-0.3, -0.25) is 18.6 Å². The summed E-state index contributed by atoms with van der Waals surface area (Å²) in [5.74, 6) is -0.852. The Balaban J connectivity index is 3.90. The zero-order chi connectivity index (χ0) is 32.9. The van der Waals surface area contributed by atoms with Gasteiger partial charge in [0.25, 0.3) is 0 Å². The summed E-state index contributed by atoms with van der Waals surface area (Å²) in [6.07, 6.45) is 24.7. The molecular weight excluding hydrogens is 581 g/mol. The summed E-state index contributed by atoms with van der Waals surface area (Å²) in [7, 11) is 1.48. The van der Waals surface area contributed by atoms with Gasteiger partial charge in [-0.2, -0.15) is 0 Å². The standard InChI is InChI=1S/C34H68NO8P/c1-6-8-9-10-11-12-13-14-15-16-17-18-19-20-21-22-23-24-25-27-33(36)40-30-32(43-34(37)26-7-2)31-42-44(38,39)41-29-28-35(3,4)5/h32H,6-31H2,1-5H3/p+1/t32-/m1/s1. The quantitative estimate of drug-likeness (QED) is 0.0333. The lowest BCUT2D eigenvalue weighted by atomic mass is 10.0. The number of nitrogens with zero attached hydrogens (tertiary/aromatic N) is 1. The summed E-state index contributed by atoms with van der Waals surface area (Å²) in [5.41, 5.74) is 0. The molecule has 0 aliphatic heterocycles. The minimum absolute atomic E-state index is 0.0337. The fourth-order valence-corrected chi connectivity index (χ4v) is 5.56. The molecule has 0 radical (unpaired) electrons. The molecule has 10 heteroatoms. The van der Waals surface area contributed by atoms with E-state index in [0.29, 0.717) is 23.9 Å². The Labute approximate surface area is 270 Å². The van der Waals surface area contributed by atoms with Gasteiger partial charge < -0.3 is 18.9 Å². The Morgan fingerprint density at radius 2 is 1.07 bits per heavy atom. The van der Waals surface area contributed by atoms with Crippen molar-refractivity contribution in [1.29, 1.82) is 0 Å². The minimum atomic E-state index is -4.33. The van der Waals surface area contributed by atoms with Crippen LogP contribution in [0.3, 0.4) is 0 Å². The number of esters is 2. The first kappa shape index (κ1) is 43.0. The molecule has 0 bridgehead atoms. The van der Waals surface area contributed by atoms with Gasteiger partial charge in [-0.1, -0.05) is 129 Å². The predicted octanol–water partition coefficient (Wildman–Crippen LogP) is 8.90. The molecule has 0 heterocycles. The molecule has 0 aromatic carbocycles. The van der Waals surface area contributed by atoms with E-state index in [1.807, 2.05) is 28.1 Å². The minimum Gasteiger partial charge on any atom is -0.462 e. The van der Waals surface area contributed by atoms with Gasteiger partial charge in [0, 0.05) is 12.8 Å². The van der Waals surface area contributed by atoms with E-state index in [4.69, 9.17) is 18.5 Å². The van der Waals surface area contributed by atoms with Gasteiger partial charge in [0.1, 0.15) is 19.8 Å². The highest BCUT2D eigenvalue weighted by Gasteiger charge is 2.26. The number of hydrogen-bond acceptors (Lipinski definition) is 7. The summed E-state index contributed by atoms with van der Waals surface area (Å²) in [6, 6.07) is 0. The number of carbonyl (C=O) groups excluding carboxylic acids is 2. The van der Waals surface area contributed by atoms with Crippen LogP contribution in [0.25, 0.3) is 0 Å². The summed E-state index contributed by atoms with van der Waals surface area (Å²) in [6.45, 7) is 4.03. The van der Waals surface area contributed by atoms with Crippen LogP contribution in [0.2, 0.25) is 0 Å². The Kier molecular flexibility index (Phi) is 27.6. The molecule has 0 aromatic rings. The fraction of sp³-hybridized carbons (Fsp3) is 0.941. The molecule has 262 valence electrons. The predicted molar refractivity (Wildman–Crippen MR) is 178 cm³/mol. The molecule has 0 rings (SSSR count). The average molecular weight is 651 g/mol. The second-order valence-corrected chi connectivity index (χ2v) is 14.7. The first-order valence-corrected chi connectivity index (χ1v) is 19.3. The lowest BCUT2D eigenvalue weighted by Crippen LogP contribution is -2.37. The van der Waals surface area contributed by atoms with E-state index in [-0.39, 0.29) is 25.6 Å². The maximum Gasteiger partial charge on any atom is 0.472 e. The molecule has 2 atom stereocenters.